The molecule has 0 atom stereocenters. The normalized spacial score (nSPS) is 11.2. The predicted octanol–water partition coefficient (Wildman–Crippen LogP) is 2.54. The molecule has 0 spiro atoms. The van der Waals surface area contributed by atoms with E-state index in [1.807, 2.05) is 27.7 Å². The lowest BCUT2D eigenvalue weighted by Gasteiger charge is -2.29. The number of nitrogens with two attached hydrogens (primary N) is 1. The average molecular weight is 308 g/mol. The molecule has 1 aromatic rings. The number of hydrogen-bond acceptors (Lipinski definition) is 4. The van der Waals surface area contributed by atoms with E-state index in [2.05, 4.69) is 0 Å². The van der Waals surface area contributed by atoms with Gasteiger partial charge in [0.1, 0.15) is 0 Å². The maximum absolute atomic E-state index is 12.6. The zero-order valence-electron chi connectivity index (χ0n) is 14.3. The second-order valence-electron chi connectivity index (χ2n) is 6.06. The first kappa shape index (κ1) is 18.3. The Morgan fingerprint density at radius 2 is 1.77 bits per heavy atom. The first-order valence-electron chi connectivity index (χ1n) is 7.69. The van der Waals surface area contributed by atoms with Gasteiger partial charge in [-0.3, -0.25) is 4.79 Å². The van der Waals surface area contributed by atoms with E-state index in [9.17, 15) is 4.79 Å². The van der Waals surface area contributed by atoms with Crippen LogP contribution in [0.25, 0.3) is 0 Å². The number of carbonyl (C=O) groups excluding carboxylic acids is 1. The Balaban J connectivity index is 2.95. The van der Waals surface area contributed by atoms with Gasteiger partial charge in [0.25, 0.3) is 5.91 Å². The monoisotopic (exact) mass is 308 g/mol. The molecule has 0 fully saturated rings. The minimum Gasteiger partial charge on any atom is -0.490 e. The number of hydrogen-bond donors (Lipinski definition) is 1. The third kappa shape index (κ3) is 4.91. The highest BCUT2D eigenvalue weighted by Crippen LogP contribution is 2.29. The number of nitrogens with zero attached hydrogens (tertiary/aromatic N) is 1. The quantitative estimate of drug-likeness (QED) is 0.801. The molecule has 0 saturated carbocycles. The van der Waals surface area contributed by atoms with E-state index in [1.165, 1.54) is 0 Å². The van der Waals surface area contributed by atoms with Gasteiger partial charge in [0.2, 0.25) is 0 Å². The van der Waals surface area contributed by atoms with Crippen LogP contribution in [0.4, 0.5) is 0 Å². The summed E-state index contributed by atoms with van der Waals surface area (Å²) in [5.41, 5.74) is 6.21. The molecule has 0 bridgehead atoms. The van der Waals surface area contributed by atoms with Crippen LogP contribution >= 0.6 is 0 Å². The van der Waals surface area contributed by atoms with Crippen molar-refractivity contribution in [1.29, 1.82) is 0 Å². The fourth-order valence-electron chi connectivity index (χ4n) is 2.18. The van der Waals surface area contributed by atoms with Gasteiger partial charge >= 0.3 is 0 Å². The summed E-state index contributed by atoms with van der Waals surface area (Å²) in [6.07, 6.45) is 0. The predicted molar refractivity (Wildman–Crippen MR) is 88.6 cm³/mol. The van der Waals surface area contributed by atoms with Crippen LogP contribution in [0.5, 0.6) is 11.5 Å². The first-order chi connectivity index (χ1) is 10.3. The third-order valence-corrected chi connectivity index (χ3v) is 3.35. The van der Waals surface area contributed by atoms with Gasteiger partial charge in [0.15, 0.2) is 11.5 Å². The summed E-state index contributed by atoms with van der Waals surface area (Å²) in [6.45, 7) is 10.1. The van der Waals surface area contributed by atoms with E-state index in [0.717, 1.165) is 0 Å². The van der Waals surface area contributed by atoms with E-state index >= 15 is 0 Å². The molecule has 1 rings (SSSR count). The van der Waals surface area contributed by atoms with Gasteiger partial charge in [0, 0.05) is 19.2 Å². The van der Waals surface area contributed by atoms with Crippen molar-refractivity contribution in [3.63, 3.8) is 0 Å². The molecule has 0 radical (unpaired) electrons. The van der Waals surface area contributed by atoms with Crippen molar-refractivity contribution in [2.75, 3.05) is 33.4 Å². The lowest BCUT2D eigenvalue weighted by atomic mass is 9.93. The second-order valence-corrected chi connectivity index (χ2v) is 6.06. The topological polar surface area (TPSA) is 64.8 Å². The van der Waals surface area contributed by atoms with Crippen LogP contribution in [-0.4, -0.2) is 44.2 Å². The molecule has 0 heterocycles. The lowest BCUT2D eigenvalue weighted by molar-refractivity contribution is 0.0740. The largest absolute Gasteiger partial charge is 0.490 e. The molecule has 0 aliphatic rings. The summed E-state index contributed by atoms with van der Waals surface area (Å²) < 4.78 is 11.1. The van der Waals surface area contributed by atoms with Crippen molar-refractivity contribution in [1.82, 2.24) is 4.90 Å². The minimum absolute atomic E-state index is 0.0504. The number of rotatable bonds is 8. The molecular weight excluding hydrogens is 280 g/mol. The van der Waals surface area contributed by atoms with E-state index < -0.39 is 0 Å². The molecular formula is C17H28N2O3. The molecule has 5 heteroatoms. The van der Waals surface area contributed by atoms with Gasteiger partial charge in [0.05, 0.1) is 13.2 Å². The van der Waals surface area contributed by atoms with Crippen molar-refractivity contribution in [2.45, 2.75) is 27.7 Å². The number of amides is 1. The van der Waals surface area contributed by atoms with Crippen molar-refractivity contribution >= 4 is 5.91 Å². The van der Waals surface area contributed by atoms with Crippen molar-refractivity contribution in [2.24, 2.45) is 11.1 Å². The van der Waals surface area contributed by atoms with E-state index in [-0.39, 0.29) is 11.3 Å². The van der Waals surface area contributed by atoms with Crippen molar-refractivity contribution in [3.05, 3.63) is 23.8 Å². The summed E-state index contributed by atoms with van der Waals surface area (Å²) in [6, 6.07) is 5.29. The van der Waals surface area contributed by atoms with Gasteiger partial charge in [-0.05, 0) is 44.0 Å². The maximum Gasteiger partial charge on any atom is 0.253 e. The summed E-state index contributed by atoms with van der Waals surface area (Å²) in [7, 11) is 1.79. The van der Waals surface area contributed by atoms with Gasteiger partial charge in [-0.25, -0.2) is 0 Å². The maximum atomic E-state index is 12.6. The van der Waals surface area contributed by atoms with Crippen LogP contribution in [-0.2, 0) is 0 Å². The Hall–Kier alpha value is -1.75. The first-order valence-corrected chi connectivity index (χ1v) is 7.69. The number of ether oxygens (including phenoxy) is 2. The Morgan fingerprint density at radius 1 is 1.18 bits per heavy atom. The third-order valence-electron chi connectivity index (χ3n) is 3.35. The molecule has 0 saturated heterocycles. The number of carbonyl (C=O) groups is 1. The molecule has 2 N–H and O–H groups in total. The number of benzene rings is 1. The van der Waals surface area contributed by atoms with Crippen LogP contribution < -0.4 is 15.2 Å². The molecule has 1 aromatic carbocycles. The van der Waals surface area contributed by atoms with Crippen LogP contribution in [0.15, 0.2) is 18.2 Å². The Kier molecular flexibility index (Phi) is 6.68. The second kappa shape index (κ2) is 8.03. The zero-order valence-corrected chi connectivity index (χ0v) is 14.3. The Bertz CT molecular complexity index is 501. The van der Waals surface area contributed by atoms with E-state index in [1.54, 1.807) is 30.1 Å². The highest BCUT2D eigenvalue weighted by molar-refractivity contribution is 5.94. The fraction of sp³-hybridized carbons (Fsp3) is 0.588. The molecule has 0 aromatic heterocycles. The van der Waals surface area contributed by atoms with Gasteiger partial charge in [-0.15, -0.1) is 0 Å². The van der Waals surface area contributed by atoms with Crippen LogP contribution in [0.1, 0.15) is 38.1 Å². The lowest BCUT2D eigenvalue weighted by Crippen LogP contribution is -2.39. The van der Waals surface area contributed by atoms with Crippen LogP contribution in [0, 0.1) is 5.41 Å². The molecule has 22 heavy (non-hydrogen) atoms. The van der Waals surface area contributed by atoms with Gasteiger partial charge < -0.3 is 20.1 Å². The van der Waals surface area contributed by atoms with E-state index in [0.29, 0.717) is 43.4 Å². The highest BCUT2D eigenvalue weighted by Gasteiger charge is 2.22. The highest BCUT2D eigenvalue weighted by atomic mass is 16.5. The minimum atomic E-state index is -0.113. The Labute approximate surface area is 133 Å². The van der Waals surface area contributed by atoms with Crippen molar-refractivity contribution in [3.8, 4) is 11.5 Å². The van der Waals surface area contributed by atoms with Crippen molar-refractivity contribution < 1.29 is 14.3 Å². The molecule has 0 unspecified atom stereocenters. The average Bonchev–Trinajstić information content (AvgIpc) is 2.48. The molecule has 5 nitrogen and oxygen atoms in total. The van der Waals surface area contributed by atoms with Crippen LogP contribution in [0.3, 0.4) is 0 Å². The van der Waals surface area contributed by atoms with Crippen LogP contribution in [0.2, 0.25) is 0 Å². The Morgan fingerprint density at radius 3 is 2.32 bits per heavy atom. The van der Waals surface area contributed by atoms with Gasteiger partial charge in [-0.2, -0.15) is 0 Å². The summed E-state index contributed by atoms with van der Waals surface area (Å²) in [5, 5.41) is 0. The summed E-state index contributed by atoms with van der Waals surface area (Å²) in [4.78, 5) is 14.2. The summed E-state index contributed by atoms with van der Waals surface area (Å²) >= 11 is 0. The molecule has 1 amide bonds. The fourth-order valence-corrected chi connectivity index (χ4v) is 2.18. The molecule has 0 aliphatic carbocycles. The summed E-state index contributed by atoms with van der Waals surface area (Å²) in [5.74, 6) is 1.21. The zero-order chi connectivity index (χ0) is 16.8. The standard InChI is InChI=1S/C17H28N2O3/c1-6-21-14-9-8-13(10-15(14)22-7-2)16(20)19(5)12-17(3,4)11-18/h8-10H,6-7,11-12,18H2,1-5H3. The molecule has 124 valence electrons. The smallest absolute Gasteiger partial charge is 0.253 e. The SMILES string of the molecule is CCOc1ccc(C(=O)N(C)CC(C)(C)CN)cc1OCC. The van der Waals surface area contributed by atoms with Gasteiger partial charge in [-0.1, -0.05) is 13.8 Å². The van der Waals surface area contributed by atoms with E-state index in [4.69, 9.17) is 15.2 Å². The molecule has 0 aliphatic heterocycles.